The summed E-state index contributed by atoms with van der Waals surface area (Å²) in [5, 5.41) is 2.34. The van der Waals surface area contributed by atoms with Crippen LogP contribution in [0.15, 0.2) is 48.5 Å². The number of halogens is 4. The maximum absolute atomic E-state index is 13.1. The van der Waals surface area contributed by atoms with Crippen molar-refractivity contribution in [3.63, 3.8) is 0 Å². The average Bonchev–Trinajstić information content (AvgIpc) is 2.86. The van der Waals surface area contributed by atoms with Crippen molar-refractivity contribution >= 4 is 29.2 Å². The Morgan fingerprint density at radius 3 is 2.17 bits per heavy atom. The summed E-state index contributed by atoms with van der Waals surface area (Å²) in [6.45, 7) is 0.859. The van der Waals surface area contributed by atoms with Crippen molar-refractivity contribution < 1.29 is 31.9 Å². The van der Waals surface area contributed by atoms with E-state index < -0.39 is 48.0 Å². The average molecular weight is 409 g/mol. The van der Waals surface area contributed by atoms with Gasteiger partial charge in [0.25, 0.3) is 5.91 Å². The zero-order chi connectivity index (χ0) is 21.3. The molecule has 1 aliphatic rings. The third-order valence-electron chi connectivity index (χ3n) is 4.35. The number of alkyl halides is 3. The SMILES string of the molecule is CC1C(=O)N(CC(=O)Nc2ccc(C(F)(F)F)cc2)C(=O)N1c1ccc(F)cc1. The number of carbonyl (C=O) groups excluding carboxylic acids is 3. The number of amides is 4. The van der Waals surface area contributed by atoms with E-state index in [9.17, 15) is 31.9 Å². The maximum Gasteiger partial charge on any atom is 0.416 e. The second kappa shape index (κ2) is 7.53. The molecule has 6 nitrogen and oxygen atoms in total. The Bertz CT molecular complexity index is 943. The van der Waals surface area contributed by atoms with Gasteiger partial charge in [-0.15, -0.1) is 0 Å². The molecule has 1 unspecified atom stereocenters. The molecule has 1 aliphatic heterocycles. The van der Waals surface area contributed by atoms with Crippen molar-refractivity contribution in [3.8, 4) is 0 Å². The molecule has 0 bridgehead atoms. The smallest absolute Gasteiger partial charge is 0.325 e. The van der Waals surface area contributed by atoms with E-state index in [0.29, 0.717) is 5.69 Å². The summed E-state index contributed by atoms with van der Waals surface area (Å²) in [6, 6.07) is 7.05. The lowest BCUT2D eigenvalue weighted by Gasteiger charge is -2.19. The molecule has 10 heteroatoms. The first-order chi connectivity index (χ1) is 13.6. The number of urea groups is 1. The number of hydrogen-bond donors (Lipinski definition) is 1. The summed E-state index contributed by atoms with van der Waals surface area (Å²) < 4.78 is 50.8. The second-order valence-corrected chi connectivity index (χ2v) is 6.35. The first kappa shape index (κ1) is 20.3. The lowest BCUT2D eigenvalue weighted by molar-refractivity contribution is -0.137. The summed E-state index contributed by atoms with van der Waals surface area (Å²) in [7, 11) is 0. The molecule has 29 heavy (non-hydrogen) atoms. The molecular formula is C19H15F4N3O3. The van der Waals surface area contributed by atoms with Crippen LogP contribution in [-0.4, -0.2) is 35.3 Å². The molecule has 3 rings (SSSR count). The van der Waals surface area contributed by atoms with Crippen LogP contribution in [-0.2, 0) is 15.8 Å². The third kappa shape index (κ3) is 4.20. The van der Waals surface area contributed by atoms with Crippen molar-refractivity contribution in [2.24, 2.45) is 0 Å². The molecule has 0 aromatic heterocycles. The van der Waals surface area contributed by atoms with Crippen molar-refractivity contribution in [1.82, 2.24) is 4.90 Å². The van der Waals surface area contributed by atoms with Crippen LogP contribution >= 0.6 is 0 Å². The van der Waals surface area contributed by atoms with E-state index in [1.807, 2.05) is 0 Å². The monoisotopic (exact) mass is 409 g/mol. The van der Waals surface area contributed by atoms with E-state index in [4.69, 9.17) is 0 Å². The summed E-state index contributed by atoms with van der Waals surface area (Å²) in [5.41, 5.74) is -0.488. The molecule has 2 aromatic carbocycles. The van der Waals surface area contributed by atoms with E-state index in [2.05, 4.69) is 5.32 Å². The standard InChI is InChI=1S/C19H15F4N3O3/c1-11-17(28)25(18(29)26(11)15-8-4-13(20)5-9-15)10-16(27)24-14-6-2-12(3-7-14)19(21,22)23/h2-9,11H,10H2,1H3,(H,24,27). The van der Waals surface area contributed by atoms with Gasteiger partial charge in [0.1, 0.15) is 18.4 Å². The minimum Gasteiger partial charge on any atom is -0.325 e. The number of rotatable bonds is 4. The van der Waals surface area contributed by atoms with Gasteiger partial charge < -0.3 is 5.32 Å². The van der Waals surface area contributed by atoms with Gasteiger partial charge in [-0.2, -0.15) is 13.2 Å². The highest BCUT2D eigenvalue weighted by atomic mass is 19.4. The molecule has 1 heterocycles. The molecule has 152 valence electrons. The van der Waals surface area contributed by atoms with E-state index in [1.54, 1.807) is 0 Å². The number of anilines is 2. The van der Waals surface area contributed by atoms with Gasteiger partial charge in [-0.25, -0.2) is 9.18 Å². The Kier molecular flexibility index (Phi) is 5.27. The maximum atomic E-state index is 13.1. The van der Waals surface area contributed by atoms with Crippen molar-refractivity contribution in [1.29, 1.82) is 0 Å². The first-order valence-corrected chi connectivity index (χ1v) is 8.45. The Hall–Kier alpha value is -3.43. The molecular weight excluding hydrogens is 394 g/mol. The molecule has 0 spiro atoms. The molecule has 0 saturated carbocycles. The lowest BCUT2D eigenvalue weighted by atomic mass is 10.2. The highest BCUT2D eigenvalue weighted by Crippen LogP contribution is 2.30. The summed E-state index contributed by atoms with van der Waals surface area (Å²) in [6.07, 6.45) is -4.50. The molecule has 0 radical (unpaired) electrons. The van der Waals surface area contributed by atoms with Gasteiger partial charge in [0.2, 0.25) is 5.91 Å². The van der Waals surface area contributed by atoms with E-state index in [1.165, 1.54) is 19.1 Å². The Balaban J connectivity index is 1.69. The van der Waals surface area contributed by atoms with Crippen LogP contribution in [0, 0.1) is 5.82 Å². The van der Waals surface area contributed by atoms with Gasteiger partial charge in [0.05, 0.1) is 5.56 Å². The van der Waals surface area contributed by atoms with Crippen molar-refractivity contribution in [2.75, 3.05) is 16.8 Å². The van der Waals surface area contributed by atoms with Crippen LogP contribution in [0.25, 0.3) is 0 Å². The predicted molar refractivity (Wildman–Crippen MR) is 95.5 cm³/mol. The molecule has 1 saturated heterocycles. The van der Waals surface area contributed by atoms with Crippen LogP contribution in [0.4, 0.5) is 33.7 Å². The molecule has 1 fully saturated rings. The second-order valence-electron chi connectivity index (χ2n) is 6.35. The molecule has 1 N–H and O–H groups in total. The van der Waals surface area contributed by atoms with Crippen LogP contribution in [0.5, 0.6) is 0 Å². The number of nitrogens with zero attached hydrogens (tertiary/aromatic N) is 2. The van der Waals surface area contributed by atoms with Crippen LogP contribution in [0.3, 0.4) is 0 Å². The van der Waals surface area contributed by atoms with Gasteiger partial charge in [-0.3, -0.25) is 19.4 Å². The molecule has 0 aliphatic carbocycles. The number of imide groups is 1. The predicted octanol–water partition coefficient (Wildman–Crippen LogP) is 3.64. The molecule has 1 atom stereocenters. The van der Waals surface area contributed by atoms with E-state index >= 15 is 0 Å². The van der Waals surface area contributed by atoms with Crippen LogP contribution in [0.1, 0.15) is 12.5 Å². The molecule has 2 aromatic rings. The van der Waals surface area contributed by atoms with E-state index in [0.717, 1.165) is 46.2 Å². The number of hydrogen-bond acceptors (Lipinski definition) is 3. The number of nitrogens with one attached hydrogen (secondary N) is 1. The van der Waals surface area contributed by atoms with Gasteiger partial charge >= 0.3 is 12.2 Å². The lowest BCUT2D eigenvalue weighted by Crippen LogP contribution is -2.39. The Morgan fingerprint density at radius 2 is 1.62 bits per heavy atom. The minimum absolute atomic E-state index is 0.0885. The Labute approximate surface area is 162 Å². The van der Waals surface area contributed by atoms with Gasteiger partial charge in [0, 0.05) is 11.4 Å². The summed E-state index contributed by atoms with van der Waals surface area (Å²) in [5.74, 6) is -1.88. The third-order valence-corrected chi connectivity index (χ3v) is 4.35. The fourth-order valence-electron chi connectivity index (χ4n) is 2.89. The van der Waals surface area contributed by atoms with Crippen LogP contribution in [0.2, 0.25) is 0 Å². The van der Waals surface area contributed by atoms with Crippen molar-refractivity contribution in [3.05, 3.63) is 59.9 Å². The Morgan fingerprint density at radius 1 is 1.03 bits per heavy atom. The highest BCUT2D eigenvalue weighted by Gasteiger charge is 2.44. The largest absolute Gasteiger partial charge is 0.416 e. The summed E-state index contributed by atoms with van der Waals surface area (Å²) in [4.78, 5) is 39.0. The van der Waals surface area contributed by atoms with Crippen LogP contribution < -0.4 is 10.2 Å². The van der Waals surface area contributed by atoms with Gasteiger partial charge in [-0.1, -0.05) is 0 Å². The quantitative estimate of drug-likeness (QED) is 0.619. The minimum atomic E-state index is -4.50. The molecule has 4 amide bonds. The topological polar surface area (TPSA) is 69.7 Å². The number of benzene rings is 2. The normalized spacial score (nSPS) is 17.1. The van der Waals surface area contributed by atoms with Gasteiger partial charge in [0.15, 0.2) is 0 Å². The fraction of sp³-hybridized carbons (Fsp3) is 0.211. The van der Waals surface area contributed by atoms with Gasteiger partial charge in [-0.05, 0) is 55.5 Å². The summed E-state index contributed by atoms with van der Waals surface area (Å²) >= 11 is 0. The van der Waals surface area contributed by atoms with E-state index in [-0.39, 0.29) is 5.69 Å². The van der Waals surface area contributed by atoms with Crippen molar-refractivity contribution in [2.45, 2.75) is 19.1 Å². The zero-order valence-electron chi connectivity index (χ0n) is 15.0. The zero-order valence-corrected chi connectivity index (χ0v) is 15.0. The fourth-order valence-corrected chi connectivity index (χ4v) is 2.89. The number of carbonyl (C=O) groups is 3. The highest BCUT2D eigenvalue weighted by molar-refractivity contribution is 6.16. The first-order valence-electron chi connectivity index (χ1n) is 8.45.